The summed E-state index contributed by atoms with van der Waals surface area (Å²) in [6.45, 7) is 5.90. The monoisotopic (exact) mass is 342 g/mol. The maximum atomic E-state index is 11.9. The lowest BCUT2D eigenvalue weighted by Crippen LogP contribution is -2.38. The van der Waals surface area contributed by atoms with Crippen LogP contribution in [-0.2, 0) is 4.79 Å². The molecule has 0 spiro atoms. The van der Waals surface area contributed by atoms with E-state index in [1.165, 1.54) is 6.07 Å². The molecule has 1 rings (SSSR count). The first-order chi connectivity index (χ1) is 9.11. The van der Waals surface area contributed by atoms with Crippen LogP contribution in [0.2, 0.25) is 0 Å². The van der Waals surface area contributed by atoms with Gasteiger partial charge < -0.3 is 16.2 Å². The average molecular weight is 343 g/mol. The number of carboxylic acids is 1. The largest absolute Gasteiger partial charge is 0.478 e. The van der Waals surface area contributed by atoms with Gasteiger partial charge in [-0.2, -0.15) is 0 Å². The summed E-state index contributed by atoms with van der Waals surface area (Å²) in [6, 6.07) is 4.36. The molecule has 1 aromatic rings. The molecule has 0 saturated carbocycles. The van der Waals surface area contributed by atoms with Gasteiger partial charge in [0, 0.05) is 22.6 Å². The second kappa shape index (κ2) is 6.37. The molecule has 6 heteroatoms. The SMILES string of the molecule is CC(C)(C)C(N)CC(=O)Nc1ccc(Br)c(C(=O)O)c1. The lowest BCUT2D eigenvalue weighted by atomic mass is 9.85. The fraction of sp³-hybridized carbons (Fsp3) is 0.429. The van der Waals surface area contributed by atoms with Crippen molar-refractivity contribution >= 4 is 33.5 Å². The number of amides is 1. The molecule has 1 unspecified atom stereocenters. The number of carbonyl (C=O) groups excluding carboxylic acids is 1. The highest BCUT2D eigenvalue weighted by molar-refractivity contribution is 9.10. The van der Waals surface area contributed by atoms with Crippen molar-refractivity contribution < 1.29 is 14.7 Å². The third-order valence-electron chi connectivity index (χ3n) is 3.00. The van der Waals surface area contributed by atoms with Crippen molar-refractivity contribution in [1.29, 1.82) is 0 Å². The van der Waals surface area contributed by atoms with E-state index in [9.17, 15) is 9.59 Å². The van der Waals surface area contributed by atoms with Gasteiger partial charge >= 0.3 is 5.97 Å². The second-order valence-electron chi connectivity index (χ2n) is 5.72. The third-order valence-corrected chi connectivity index (χ3v) is 3.69. The van der Waals surface area contributed by atoms with E-state index in [0.29, 0.717) is 10.2 Å². The molecule has 1 amide bonds. The summed E-state index contributed by atoms with van der Waals surface area (Å²) >= 11 is 3.15. The van der Waals surface area contributed by atoms with Crippen LogP contribution < -0.4 is 11.1 Å². The Morgan fingerprint density at radius 1 is 1.40 bits per heavy atom. The molecule has 110 valence electrons. The van der Waals surface area contributed by atoms with Crippen molar-refractivity contribution in [2.24, 2.45) is 11.1 Å². The van der Waals surface area contributed by atoms with Crippen LogP contribution >= 0.6 is 15.9 Å². The summed E-state index contributed by atoms with van der Waals surface area (Å²) < 4.78 is 0.467. The molecule has 0 heterocycles. The number of rotatable bonds is 4. The number of hydrogen-bond acceptors (Lipinski definition) is 3. The molecule has 4 N–H and O–H groups in total. The lowest BCUT2D eigenvalue weighted by molar-refractivity contribution is -0.117. The van der Waals surface area contributed by atoms with E-state index >= 15 is 0 Å². The van der Waals surface area contributed by atoms with Crippen LogP contribution in [0.5, 0.6) is 0 Å². The summed E-state index contributed by atoms with van der Waals surface area (Å²) in [4.78, 5) is 22.9. The molecular formula is C14H19BrN2O3. The number of hydrogen-bond donors (Lipinski definition) is 3. The molecule has 1 atom stereocenters. The van der Waals surface area contributed by atoms with E-state index in [0.717, 1.165) is 0 Å². The Morgan fingerprint density at radius 2 is 2.00 bits per heavy atom. The normalized spacial score (nSPS) is 12.8. The van der Waals surface area contributed by atoms with Crippen LogP contribution in [0.4, 0.5) is 5.69 Å². The minimum absolute atomic E-state index is 0.0999. The van der Waals surface area contributed by atoms with E-state index in [-0.39, 0.29) is 29.3 Å². The number of nitrogens with two attached hydrogens (primary N) is 1. The van der Waals surface area contributed by atoms with Gasteiger partial charge in [0.05, 0.1) is 5.56 Å². The van der Waals surface area contributed by atoms with Crippen LogP contribution in [0.1, 0.15) is 37.6 Å². The Balaban J connectivity index is 2.77. The lowest BCUT2D eigenvalue weighted by Gasteiger charge is -2.26. The second-order valence-corrected chi connectivity index (χ2v) is 6.58. The zero-order valence-electron chi connectivity index (χ0n) is 11.7. The maximum Gasteiger partial charge on any atom is 0.336 e. The molecule has 0 radical (unpaired) electrons. The molecule has 20 heavy (non-hydrogen) atoms. The van der Waals surface area contributed by atoms with Gasteiger partial charge in [-0.25, -0.2) is 4.79 Å². The molecule has 0 bridgehead atoms. The smallest absolute Gasteiger partial charge is 0.336 e. The van der Waals surface area contributed by atoms with Gasteiger partial charge in [-0.3, -0.25) is 4.79 Å². The summed E-state index contributed by atoms with van der Waals surface area (Å²) in [7, 11) is 0. The fourth-order valence-corrected chi connectivity index (χ4v) is 1.90. The number of halogens is 1. The Morgan fingerprint density at radius 3 is 2.50 bits per heavy atom. The highest BCUT2D eigenvalue weighted by Crippen LogP contribution is 2.23. The number of anilines is 1. The predicted octanol–water partition coefficient (Wildman–Crippen LogP) is 2.85. The number of carboxylic acid groups (broad SMARTS) is 1. The van der Waals surface area contributed by atoms with Gasteiger partial charge in [0.25, 0.3) is 0 Å². The average Bonchev–Trinajstić information content (AvgIpc) is 2.29. The van der Waals surface area contributed by atoms with Gasteiger partial charge in [0.15, 0.2) is 0 Å². The van der Waals surface area contributed by atoms with Crippen molar-refractivity contribution in [2.75, 3.05) is 5.32 Å². The minimum Gasteiger partial charge on any atom is -0.478 e. The molecule has 0 aliphatic rings. The van der Waals surface area contributed by atoms with Crippen LogP contribution in [-0.4, -0.2) is 23.0 Å². The Bertz CT molecular complexity index is 524. The Labute approximate surface area is 126 Å². The molecule has 1 aromatic carbocycles. The van der Waals surface area contributed by atoms with Gasteiger partial charge in [0.1, 0.15) is 0 Å². The van der Waals surface area contributed by atoms with E-state index in [2.05, 4.69) is 21.2 Å². The van der Waals surface area contributed by atoms with Crippen molar-refractivity contribution in [3.63, 3.8) is 0 Å². The molecular weight excluding hydrogens is 324 g/mol. The molecule has 0 aliphatic heterocycles. The van der Waals surface area contributed by atoms with Crippen LogP contribution in [0.3, 0.4) is 0 Å². The highest BCUT2D eigenvalue weighted by atomic mass is 79.9. The number of nitrogens with one attached hydrogen (secondary N) is 1. The summed E-state index contributed by atoms with van der Waals surface area (Å²) in [5.41, 5.74) is 6.32. The van der Waals surface area contributed by atoms with Crippen molar-refractivity contribution in [1.82, 2.24) is 0 Å². The summed E-state index contributed by atoms with van der Waals surface area (Å²) in [5, 5.41) is 11.7. The Hall–Kier alpha value is -1.40. The number of aromatic carboxylic acids is 1. The van der Waals surface area contributed by atoms with Gasteiger partial charge in [0.2, 0.25) is 5.91 Å². The minimum atomic E-state index is -1.06. The van der Waals surface area contributed by atoms with Crippen LogP contribution in [0, 0.1) is 5.41 Å². The number of carbonyl (C=O) groups is 2. The first kappa shape index (κ1) is 16.7. The standard InChI is InChI=1S/C14H19BrN2O3/c1-14(2,3)11(16)7-12(18)17-8-4-5-10(15)9(6-8)13(19)20/h4-6,11H,7,16H2,1-3H3,(H,17,18)(H,19,20). The molecule has 5 nitrogen and oxygen atoms in total. The van der Waals surface area contributed by atoms with Gasteiger partial charge in [-0.1, -0.05) is 20.8 Å². The van der Waals surface area contributed by atoms with Gasteiger partial charge in [-0.15, -0.1) is 0 Å². The maximum absolute atomic E-state index is 11.9. The molecule has 0 saturated heterocycles. The number of benzene rings is 1. The highest BCUT2D eigenvalue weighted by Gasteiger charge is 2.23. The van der Waals surface area contributed by atoms with E-state index in [1.54, 1.807) is 12.1 Å². The Kier molecular flexibility index (Phi) is 5.30. The van der Waals surface area contributed by atoms with Crippen LogP contribution in [0.25, 0.3) is 0 Å². The van der Waals surface area contributed by atoms with Crippen molar-refractivity contribution in [3.8, 4) is 0 Å². The van der Waals surface area contributed by atoms with E-state index in [1.807, 2.05) is 20.8 Å². The zero-order valence-corrected chi connectivity index (χ0v) is 13.3. The van der Waals surface area contributed by atoms with Gasteiger partial charge in [-0.05, 0) is 39.5 Å². The third kappa shape index (κ3) is 4.61. The first-order valence-corrected chi connectivity index (χ1v) is 6.99. The quantitative estimate of drug-likeness (QED) is 0.784. The van der Waals surface area contributed by atoms with Crippen LogP contribution in [0.15, 0.2) is 22.7 Å². The summed E-state index contributed by atoms with van der Waals surface area (Å²) in [5.74, 6) is -1.29. The molecule has 0 fully saturated rings. The topological polar surface area (TPSA) is 92.4 Å². The first-order valence-electron chi connectivity index (χ1n) is 6.19. The van der Waals surface area contributed by atoms with E-state index in [4.69, 9.17) is 10.8 Å². The summed E-state index contributed by atoms with van der Waals surface area (Å²) in [6.07, 6.45) is 0.183. The van der Waals surface area contributed by atoms with Crippen molar-refractivity contribution in [2.45, 2.75) is 33.2 Å². The molecule has 0 aromatic heterocycles. The predicted molar refractivity (Wildman–Crippen MR) is 81.8 cm³/mol. The zero-order chi connectivity index (χ0) is 15.5. The molecule has 0 aliphatic carbocycles. The van der Waals surface area contributed by atoms with E-state index < -0.39 is 5.97 Å². The fourth-order valence-electron chi connectivity index (χ4n) is 1.48. The van der Waals surface area contributed by atoms with Crippen molar-refractivity contribution in [3.05, 3.63) is 28.2 Å².